The van der Waals surface area contributed by atoms with E-state index in [0.29, 0.717) is 34.1 Å². The van der Waals surface area contributed by atoms with Crippen molar-refractivity contribution in [2.24, 2.45) is 0 Å². The van der Waals surface area contributed by atoms with E-state index in [1.54, 1.807) is 31.2 Å². The molecule has 8 nitrogen and oxygen atoms in total. The molecule has 0 fully saturated rings. The monoisotopic (exact) mass is 390 g/mol. The quantitative estimate of drug-likeness (QED) is 0.549. The molecule has 0 saturated heterocycles. The summed E-state index contributed by atoms with van der Waals surface area (Å²) in [4.78, 5) is 12.8. The molecule has 10 heteroatoms. The number of anilines is 2. The average molecular weight is 390 g/mol. The number of hydrogen-bond donors (Lipinski definition) is 3. The van der Waals surface area contributed by atoms with E-state index in [-0.39, 0.29) is 12.5 Å². The zero-order valence-electron chi connectivity index (χ0n) is 15.4. The van der Waals surface area contributed by atoms with Gasteiger partial charge in [0.05, 0.1) is 19.0 Å². The first-order valence-electron chi connectivity index (χ1n) is 8.50. The Kier molecular flexibility index (Phi) is 5.87. The molecule has 0 atom stereocenters. The number of benzene rings is 1. The minimum Gasteiger partial charge on any atom is -0.495 e. The van der Waals surface area contributed by atoms with Crippen molar-refractivity contribution in [1.29, 1.82) is 0 Å². The van der Waals surface area contributed by atoms with E-state index in [2.05, 4.69) is 25.9 Å². The van der Waals surface area contributed by atoms with Gasteiger partial charge in [-0.05, 0) is 19.1 Å². The molecule has 0 spiro atoms. The standard InChI is InChI=1S/C18H20F2N6O2/c1-11-16(18(27)23-13-5-3-4-6-14(13)28-2)17(25-24-11)21-7-12-8-22-26(9-12)10-15(19)20/h3-6,8-9,15H,7,10H2,1-2H3,(H,23,27)(H2,21,24,25). The molecule has 1 amide bonds. The van der Waals surface area contributed by atoms with Crippen LogP contribution in [0.5, 0.6) is 5.75 Å². The second-order valence-electron chi connectivity index (χ2n) is 6.04. The average Bonchev–Trinajstić information content (AvgIpc) is 3.26. The number of methoxy groups -OCH3 is 1. The van der Waals surface area contributed by atoms with Gasteiger partial charge in [-0.3, -0.25) is 14.6 Å². The fraction of sp³-hybridized carbons (Fsp3) is 0.278. The number of halogens is 2. The van der Waals surface area contributed by atoms with E-state index in [1.165, 1.54) is 24.2 Å². The van der Waals surface area contributed by atoms with E-state index in [4.69, 9.17) is 4.74 Å². The molecule has 3 aromatic rings. The molecule has 3 rings (SSSR count). The van der Waals surface area contributed by atoms with Crippen LogP contribution in [0.3, 0.4) is 0 Å². The first-order valence-corrected chi connectivity index (χ1v) is 8.50. The van der Waals surface area contributed by atoms with E-state index in [0.717, 1.165) is 0 Å². The number of nitrogens with zero attached hydrogens (tertiary/aromatic N) is 3. The van der Waals surface area contributed by atoms with Crippen LogP contribution in [0.4, 0.5) is 20.3 Å². The second-order valence-corrected chi connectivity index (χ2v) is 6.04. The van der Waals surface area contributed by atoms with Crippen molar-refractivity contribution in [1.82, 2.24) is 20.0 Å². The Morgan fingerprint density at radius 1 is 1.36 bits per heavy atom. The van der Waals surface area contributed by atoms with E-state index < -0.39 is 13.0 Å². The highest BCUT2D eigenvalue weighted by molar-refractivity contribution is 6.08. The lowest BCUT2D eigenvalue weighted by atomic mass is 10.2. The maximum atomic E-state index is 12.8. The lowest BCUT2D eigenvalue weighted by molar-refractivity contribution is 0.102. The summed E-state index contributed by atoms with van der Waals surface area (Å²) in [6.45, 7) is 1.55. The van der Waals surface area contributed by atoms with Gasteiger partial charge in [-0.2, -0.15) is 10.2 Å². The van der Waals surface area contributed by atoms with Crippen LogP contribution in [0.15, 0.2) is 36.7 Å². The Labute approximate surface area is 159 Å². The molecule has 2 aromatic heterocycles. The molecule has 148 valence electrons. The van der Waals surface area contributed by atoms with E-state index in [1.807, 2.05) is 0 Å². The molecule has 0 unspecified atom stereocenters. The number of nitrogens with one attached hydrogen (secondary N) is 3. The summed E-state index contributed by atoms with van der Waals surface area (Å²) < 4.78 is 31.2. The number of aryl methyl sites for hydroxylation is 1. The number of para-hydroxylation sites is 2. The molecular weight excluding hydrogens is 370 g/mol. The number of ether oxygens (including phenoxy) is 1. The number of H-pyrrole nitrogens is 1. The van der Waals surface area contributed by atoms with Gasteiger partial charge in [-0.1, -0.05) is 12.1 Å². The zero-order chi connectivity index (χ0) is 20.1. The van der Waals surface area contributed by atoms with Crippen molar-refractivity contribution in [3.05, 3.63) is 53.5 Å². The second kappa shape index (κ2) is 8.51. The Morgan fingerprint density at radius 2 is 2.14 bits per heavy atom. The van der Waals surface area contributed by atoms with Crippen molar-refractivity contribution in [2.75, 3.05) is 17.7 Å². The maximum Gasteiger partial charge on any atom is 0.261 e. The van der Waals surface area contributed by atoms with Gasteiger partial charge in [0.2, 0.25) is 0 Å². The molecule has 0 aliphatic rings. The summed E-state index contributed by atoms with van der Waals surface area (Å²) in [6.07, 6.45) is 0.538. The number of carbonyl (C=O) groups excluding carboxylic acids is 1. The van der Waals surface area contributed by atoms with Crippen molar-refractivity contribution >= 4 is 17.4 Å². The molecule has 2 heterocycles. The fourth-order valence-electron chi connectivity index (χ4n) is 2.69. The minimum absolute atomic E-state index is 0.280. The predicted molar refractivity (Wildman–Crippen MR) is 99.8 cm³/mol. The third-order valence-electron chi connectivity index (χ3n) is 4.00. The molecule has 0 radical (unpaired) electrons. The minimum atomic E-state index is -2.47. The van der Waals surface area contributed by atoms with Gasteiger partial charge < -0.3 is 15.4 Å². The summed E-state index contributed by atoms with van der Waals surface area (Å²) in [7, 11) is 1.52. The van der Waals surface area contributed by atoms with Crippen molar-refractivity contribution in [2.45, 2.75) is 26.4 Å². The van der Waals surface area contributed by atoms with E-state index >= 15 is 0 Å². The molecule has 3 N–H and O–H groups in total. The van der Waals surface area contributed by atoms with Crippen LogP contribution < -0.4 is 15.4 Å². The largest absolute Gasteiger partial charge is 0.495 e. The summed E-state index contributed by atoms with van der Waals surface area (Å²) >= 11 is 0. The third-order valence-corrected chi connectivity index (χ3v) is 4.00. The lowest BCUT2D eigenvalue weighted by Gasteiger charge is -2.10. The molecule has 1 aromatic carbocycles. The van der Waals surface area contributed by atoms with E-state index in [9.17, 15) is 13.6 Å². The van der Waals surface area contributed by atoms with Crippen LogP contribution in [-0.4, -0.2) is 39.4 Å². The Balaban J connectivity index is 1.71. The Bertz CT molecular complexity index is 953. The van der Waals surface area contributed by atoms with Crippen molar-refractivity contribution in [3.8, 4) is 5.75 Å². The topological polar surface area (TPSA) is 96.9 Å². The first kappa shape index (κ1) is 19.3. The normalized spacial score (nSPS) is 10.9. The van der Waals surface area contributed by atoms with Gasteiger partial charge in [0.25, 0.3) is 12.3 Å². The fourth-order valence-corrected chi connectivity index (χ4v) is 2.69. The van der Waals surface area contributed by atoms with Gasteiger partial charge in [0.15, 0.2) is 5.82 Å². The third kappa shape index (κ3) is 4.45. The van der Waals surface area contributed by atoms with Crippen LogP contribution in [0.25, 0.3) is 0 Å². The van der Waals surface area contributed by atoms with Crippen LogP contribution in [0.2, 0.25) is 0 Å². The van der Waals surface area contributed by atoms with Gasteiger partial charge in [-0.25, -0.2) is 8.78 Å². The number of alkyl halides is 2. The molecular formula is C18H20F2N6O2. The summed E-state index contributed by atoms with van der Waals surface area (Å²) in [6, 6.07) is 7.07. The smallest absolute Gasteiger partial charge is 0.261 e. The lowest BCUT2D eigenvalue weighted by Crippen LogP contribution is -2.15. The molecule has 0 aliphatic carbocycles. The highest BCUT2D eigenvalue weighted by Gasteiger charge is 2.19. The number of aromatic nitrogens is 4. The Hall–Kier alpha value is -3.43. The van der Waals surface area contributed by atoms with Gasteiger partial charge >= 0.3 is 0 Å². The van der Waals surface area contributed by atoms with Crippen molar-refractivity contribution < 1.29 is 18.3 Å². The van der Waals surface area contributed by atoms with Crippen LogP contribution in [-0.2, 0) is 13.1 Å². The zero-order valence-corrected chi connectivity index (χ0v) is 15.4. The summed E-state index contributed by atoms with van der Waals surface area (Å²) in [5.74, 6) is 0.538. The maximum absolute atomic E-state index is 12.8. The summed E-state index contributed by atoms with van der Waals surface area (Å²) in [5, 5.41) is 16.6. The number of carbonyl (C=O) groups is 1. The summed E-state index contributed by atoms with van der Waals surface area (Å²) in [5.41, 5.74) is 2.17. The molecule has 0 saturated carbocycles. The number of amides is 1. The number of aromatic amines is 1. The SMILES string of the molecule is COc1ccccc1NC(=O)c1c(NCc2cnn(CC(F)F)c2)n[nH]c1C. The molecule has 0 bridgehead atoms. The van der Waals surface area contributed by atoms with Gasteiger partial charge in [0.1, 0.15) is 17.9 Å². The molecule has 0 aliphatic heterocycles. The number of hydrogen-bond acceptors (Lipinski definition) is 5. The highest BCUT2D eigenvalue weighted by Crippen LogP contribution is 2.25. The first-order chi connectivity index (χ1) is 13.5. The van der Waals surface area contributed by atoms with Crippen LogP contribution >= 0.6 is 0 Å². The molecule has 28 heavy (non-hydrogen) atoms. The number of rotatable bonds is 8. The predicted octanol–water partition coefficient (Wildman–Crippen LogP) is 3.05. The Morgan fingerprint density at radius 3 is 2.89 bits per heavy atom. The van der Waals surface area contributed by atoms with Gasteiger partial charge in [-0.15, -0.1) is 0 Å². The van der Waals surface area contributed by atoms with Gasteiger partial charge in [0, 0.05) is 24.0 Å². The van der Waals surface area contributed by atoms with Crippen LogP contribution in [0.1, 0.15) is 21.6 Å². The van der Waals surface area contributed by atoms with Crippen molar-refractivity contribution in [3.63, 3.8) is 0 Å². The highest BCUT2D eigenvalue weighted by atomic mass is 19.3. The van der Waals surface area contributed by atoms with Crippen LogP contribution in [0, 0.1) is 6.92 Å².